The Bertz CT molecular complexity index is 380. The summed E-state index contributed by atoms with van der Waals surface area (Å²) in [6, 6.07) is 1.27. The molecule has 0 aromatic carbocycles. The Labute approximate surface area is 108 Å². The van der Waals surface area contributed by atoms with Crippen LogP contribution in [0.15, 0.2) is 4.52 Å². The maximum atomic E-state index is 5.40. The Morgan fingerprint density at radius 3 is 2.82 bits per heavy atom. The van der Waals surface area contributed by atoms with Gasteiger partial charge in [-0.25, -0.2) is 0 Å². The molecule has 5 heteroatoms. The van der Waals surface area contributed by atoms with Gasteiger partial charge in [-0.3, -0.25) is 0 Å². The van der Waals surface area contributed by atoms with Gasteiger partial charge in [-0.1, -0.05) is 19.0 Å². The van der Waals surface area contributed by atoms with Crippen LogP contribution in [0.2, 0.25) is 0 Å². The summed E-state index contributed by atoms with van der Waals surface area (Å²) < 4.78 is 5.40. The van der Waals surface area contributed by atoms with Crippen molar-refractivity contribution in [1.29, 1.82) is 0 Å². The van der Waals surface area contributed by atoms with Gasteiger partial charge in [0.25, 0.3) is 0 Å². The Balaban J connectivity index is 0.00000108. The third-order valence-electron chi connectivity index (χ3n) is 3.69. The lowest BCUT2D eigenvalue weighted by Gasteiger charge is -2.15. The van der Waals surface area contributed by atoms with Crippen molar-refractivity contribution in [2.45, 2.75) is 57.5 Å². The largest absolute Gasteiger partial charge is 0.339 e. The van der Waals surface area contributed by atoms with Crippen LogP contribution in [0.5, 0.6) is 0 Å². The molecule has 3 unspecified atom stereocenters. The van der Waals surface area contributed by atoms with E-state index >= 15 is 0 Å². The minimum atomic E-state index is 0. The molecule has 0 radical (unpaired) electrons. The number of aromatic nitrogens is 2. The highest BCUT2D eigenvalue weighted by Crippen LogP contribution is 2.39. The first kappa shape index (κ1) is 12.8. The predicted molar refractivity (Wildman–Crippen MR) is 67.4 cm³/mol. The lowest BCUT2D eigenvalue weighted by Crippen LogP contribution is -2.21. The highest BCUT2D eigenvalue weighted by Gasteiger charge is 2.42. The second kappa shape index (κ2) is 4.94. The fourth-order valence-corrected chi connectivity index (χ4v) is 2.96. The fourth-order valence-electron chi connectivity index (χ4n) is 2.96. The predicted octanol–water partition coefficient (Wildman–Crippen LogP) is 2.30. The van der Waals surface area contributed by atoms with Gasteiger partial charge in [0.2, 0.25) is 5.89 Å². The lowest BCUT2D eigenvalue weighted by molar-refractivity contribution is 0.326. The quantitative estimate of drug-likeness (QED) is 0.903. The summed E-state index contributed by atoms with van der Waals surface area (Å²) in [5.41, 5.74) is 0. The summed E-state index contributed by atoms with van der Waals surface area (Å²) in [6.45, 7) is 4.35. The lowest BCUT2D eigenvalue weighted by atomic mass is 9.89. The molecular formula is C12H20ClN3O. The van der Waals surface area contributed by atoms with Crippen LogP contribution < -0.4 is 5.32 Å². The molecule has 0 aliphatic carbocycles. The molecule has 2 aliphatic rings. The topological polar surface area (TPSA) is 51.0 Å². The van der Waals surface area contributed by atoms with E-state index in [0.29, 0.717) is 23.9 Å². The molecule has 3 rings (SSSR count). The molecule has 4 nitrogen and oxygen atoms in total. The molecule has 96 valence electrons. The molecule has 2 saturated heterocycles. The van der Waals surface area contributed by atoms with E-state index in [-0.39, 0.29) is 12.4 Å². The van der Waals surface area contributed by atoms with Crippen LogP contribution in [0, 0.1) is 5.92 Å². The number of fused-ring (bicyclic) bond motifs is 2. The maximum absolute atomic E-state index is 5.40. The van der Waals surface area contributed by atoms with Gasteiger partial charge in [0.15, 0.2) is 5.82 Å². The summed E-state index contributed by atoms with van der Waals surface area (Å²) in [7, 11) is 0. The molecular weight excluding hydrogens is 238 g/mol. The molecule has 3 atom stereocenters. The molecule has 0 saturated carbocycles. The fraction of sp³-hybridized carbons (Fsp3) is 0.833. The molecule has 17 heavy (non-hydrogen) atoms. The van der Waals surface area contributed by atoms with Gasteiger partial charge < -0.3 is 9.84 Å². The van der Waals surface area contributed by atoms with Crippen LogP contribution in [-0.2, 0) is 6.42 Å². The van der Waals surface area contributed by atoms with Crippen LogP contribution >= 0.6 is 12.4 Å². The zero-order valence-electron chi connectivity index (χ0n) is 10.3. The minimum Gasteiger partial charge on any atom is -0.339 e. The van der Waals surface area contributed by atoms with Gasteiger partial charge in [0.05, 0.1) is 5.92 Å². The van der Waals surface area contributed by atoms with Crippen LogP contribution in [0.25, 0.3) is 0 Å². The third-order valence-corrected chi connectivity index (χ3v) is 3.69. The van der Waals surface area contributed by atoms with Gasteiger partial charge in [-0.2, -0.15) is 4.98 Å². The molecule has 1 N–H and O–H groups in total. The van der Waals surface area contributed by atoms with E-state index in [1.54, 1.807) is 0 Å². The summed E-state index contributed by atoms with van der Waals surface area (Å²) in [5, 5.41) is 7.67. The van der Waals surface area contributed by atoms with Gasteiger partial charge >= 0.3 is 0 Å². The smallest absolute Gasteiger partial charge is 0.231 e. The summed E-state index contributed by atoms with van der Waals surface area (Å²) in [5.74, 6) is 2.78. The zero-order valence-corrected chi connectivity index (χ0v) is 11.2. The van der Waals surface area contributed by atoms with E-state index in [0.717, 1.165) is 18.1 Å². The van der Waals surface area contributed by atoms with E-state index < -0.39 is 0 Å². The number of nitrogens with one attached hydrogen (secondary N) is 1. The molecule has 3 heterocycles. The van der Waals surface area contributed by atoms with Crippen LogP contribution in [0.4, 0.5) is 0 Å². The SMILES string of the molecule is CC(C)Cc1noc(C2CC3CCC2N3)n1.Cl. The minimum absolute atomic E-state index is 0. The van der Waals surface area contributed by atoms with Crippen LogP contribution in [0.3, 0.4) is 0 Å². The second-order valence-corrected chi connectivity index (χ2v) is 5.54. The van der Waals surface area contributed by atoms with E-state index in [1.165, 1.54) is 19.3 Å². The van der Waals surface area contributed by atoms with Crippen molar-refractivity contribution in [3.05, 3.63) is 11.7 Å². The Hall–Kier alpha value is -0.610. The van der Waals surface area contributed by atoms with Crippen molar-refractivity contribution in [3.63, 3.8) is 0 Å². The number of nitrogens with zero attached hydrogens (tertiary/aromatic N) is 2. The van der Waals surface area contributed by atoms with Gasteiger partial charge in [-0.05, 0) is 25.2 Å². The maximum Gasteiger partial charge on any atom is 0.231 e. The Morgan fingerprint density at radius 1 is 1.41 bits per heavy atom. The van der Waals surface area contributed by atoms with E-state index in [9.17, 15) is 0 Å². The molecule has 2 aliphatic heterocycles. The van der Waals surface area contributed by atoms with Gasteiger partial charge in [-0.15, -0.1) is 12.4 Å². The van der Waals surface area contributed by atoms with Crippen LogP contribution in [0.1, 0.15) is 50.7 Å². The normalized spacial score (nSPS) is 30.9. The highest BCUT2D eigenvalue weighted by atomic mass is 35.5. The zero-order chi connectivity index (χ0) is 11.1. The number of rotatable bonds is 3. The molecule has 1 aromatic heterocycles. The second-order valence-electron chi connectivity index (χ2n) is 5.54. The standard InChI is InChI=1S/C12H19N3O.ClH/c1-7(2)5-11-14-12(16-15-11)9-6-8-3-4-10(9)13-8;/h7-10,13H,3-6H2,1-2H3;1H. The van der Waals surface area contributed by atoms with Crippen molar-refractivity contribution >= 4 is 12.4 Å². The van der Waals surface area contributed by atoms with Crippen molar-refractivity contribution in [2.24, 2.45) is 5.92 Å². The van der Waals surface area contributed by atoms with Crippen molar-refractivity contribution in [2.75, 3.05) is 0 Å². The number of hydrogen-bond acceptors (Lipinski definition) is 4. The van der Waals surface area contributed by atoms with Crippen molar-refractivity contribution < 1.29 is 4.52 Å². The van der Waals surface area contributed by atoms with Crippen molar-refractivity contribution in [1.82, 2.24) is 15.5 Å². The first-order chi connectivity index (χ1) is 7.72. The molecule has 0 amide bonds. The van der Waals surface area contributed by atoms with E-state index in [1.807, 2.05) is 0 Å². The third kappa shape index (κ3) is 2.47. The average Bonchev–Trinajstić information content (AvgIpc) is 2.89. The molecule has 1 aromatic rings. The van der Waals surface area contributed by atoms with E-state index in [2.05, 4.69) is 29.3 Å². The monoisotopic (exact) mass is 257 g/mol. The summed E-state index contributed by atoms with van der Waals surface area (Å²) in [6.07, 6.45) is 4.66. The van der Waals surface area contributed by atoms with Gasteiger partial charge in [0.1, 0.15) is 0 Å². The Kier molecular flexibility index (Phi) is 3.73. The molecule has 2 bridgehead atoms. The highest BCUT2D eigenvalue weighted by molar-refractivity contribution is 5.85. The number of hydrogen-bond donors (Lipinski definition) is 1. The molecule has 2 fully saturated rings. The summed E-state index contributed by atoms with van der Waals surface area (Å²) in [4.78, 5) is 4.53. The average molecular weight is 258 g/mol. The molecule has 0 spiro atoms. The van der Waals surface area contributed by atoms with E-state index in [4.69, 9.17) is 4.52 Å². The van der Waals surface area contributed by atoms with Gasteiger partial charge in [0, 0.05) is 18.5 Å². The summed E-state index contributed by atoms with van der Waals surface area (Å²) >= 11 is 0. The number of halogens is 1. The first-order valence-electron chi connectivity index (χ1n) is 6.31. The van der Waals surface area contributed by atoms with Crippen molar-refractivity contribution in [3.8, 4) is 0 Å². The van der Waals surface area contributed by atoms with Crippen LogP contribution in [-0.4, -0.2) is 22.2 Å². The first-order valence-corrected chi connectivity index (χ1v) is 6.31. The Morgan fingerprint density at radius 2 is 2.24 bits per heavy atom.